The van der Waals surface area contributed by atoms with E-state index in [1.165, 1.54) is 11.8 Å². The second-order valence-electron chi connectivity index (χ2n) is 7.60. The number of ketones is 2. The van der Waals surface area contributed by atoms with Gasteiger partial charge in [-0.15, -0.1) is 0 Å². The summed E-state index contributed by atoms with van der Waals surface area (Å²) in [6, 6.07) is 14.6. The van der Waals surface area contributed by atoms with Crippen molar-refractivity contribution in [3.63, 3.8) is 0 Å². The maximum absolute atomic E-state index is 12.7. The van der Waals surface area contributed by atoms with Gasteiger partial charge in [0.05, 0.1) is 26.2 Å². The zero-order chi connectivity index (χ0) is 21.0. The van der Waals surface area contributed by atoms with E-state index in [9.17, 15) is 14.4 Å². The van der Waals surface area contributed by atoms with Crippen LogP contribution >= 0.6 is 0 Å². The molecule has 1 saturated heterocycles. The van der Waals surface area contributed by atoms with Crippen molar-refractivity contribution in [3.05, 3.63) is 59.7 Å². The monoisotopic (exact) mass is 394 g/mol. The highest BCUT2D eigenvalue weighted by Gasteiger charge is 2.29. The molecule has 2 aromatic rings. The van der Waals surface area contributed by atoms with Crippen LogP contribution in [0.2, 0.25) is 0 Å². The predicted molar refractivity (Wildman–Crippen MR) is 114 cm³/mol. The lowest BCUT2D eigenvalue weighted by Crippen LogP contribution is -3.19. The van der Waals surface area contributed by atoms with Crippen molar-refractivity contribution < 1.29 is 19.3 Å². The molecule has 1 aliphatic rings. The molecule has 6 nitrogen and oxygen atoms in total. The van der Waals surface area contributed by atoms with E-state index in [-0.39, 0.29) is 23.5 Å². The molecule has 1 heterocycles. The minimum absolute atomic E-state index is 0.0211. The Bertz CT molecular complexity index is 900. The molecule has 1 fully saturated rings. The number of carbonyl (C=O) groups excluding carboxylic acids is 3. The number of piperazine rings is 1. The molecule has 1 atom stereocenters. The van der Waals surface area contributed by atoms with E-state index in [0.717, 1.165) is 37.4 Å². The Hall–Kier alpha value is -2.99. The van der Waals surface area contributed by atoms with Crippen molar-refractivity contribution in [1.29, 1.82) is 0 Å². The third-order valence-corrected chi connectivity index (χ3v) is 5.59. The molecular formula is C23H28N3O3+. The summed E-state index contributed by atoms with van der Waals surface area (Å²) >= 11 is 0. The molecule has 152 valence electrons. The van der Waals surface area contributed by atoms with E-state index < -0.39 is 0 Å². The largest absolute Gasteiger partial charge is 0.360 e. The predicted octanol–water partition coefficient (Wildman–Crippen LogP) is 1.82. The van der Waals surface area contributed by atoms with Gasteiger partial charge in [-0.1, -0.05) is 12.1 Å². The molecule has 0 radical (unpaired) electrons. The fraction of sp³-hybridized carbons (Fsp3) is 0.348. The van der Waals surface area contributed by atoms with E-state index in [4.69, 9.17) is 0 Å². The molecule has 0 spiro atoms. The number of amides is 1. The molecule has 29 heavy (non-hydrogen) atoms. The standard InChI is InChI=1S/C23H27N3O3/c1-16(23(29)24-21-6-4-5-20(15-21)18(3)28)25-11-13-26(14-12-25)22-9-7-19(8-10-22)17(2)27/h4-10,15-16H,11-14H2,1-3H3,(H,24,29)/p+1/t16-/m0/s1. The van der Waals surface area contributed by atoms with Crippen LogP contribution < -0.4 is 15.1 Å². The van der Waals surface area contributed by atoms with E-state index in [0.29, 0.717) is 11.3 Å². The quantitative estimate of drug-likeness (QED) is 0.734. The normalized spacial score (nSPS) is 15.6. The van der Waals surface area contributed by atoms with Crippen molar-refractivity contribution in [2.24, 2.45) is 0 Å². The number of hydrogen-bond acceptors (Lipinski definition) is 4. The van der Waals surface area contributed by atoms with Gasteiger partial charge in [-0.05, 0) is 57.2 Å². The molecule has 3 rings (SSSR count). The molecule has 1 aliphatic heterocycles. The summed E-state index contributed by atoms with van der Waals surface area (Å²) in [5, 5.41) is 2.94. The fourth-order valence-electron chi connectivity index (χ4n) is 3.64. The molecule has 2 N–H and O–H groups in total. The summed E-state index contributed by atoms with van der Waals surface area (Å²) in [7, 11) is 0. The van der Waals surface area contributed by atoms with E-state index in [2.05, 4.69) is 10.2 Å². The second kappa shape index (κ2) is 9.01. The third kappa shape index (κ3) is 5.09. The first-order valence-electron chi connectivity index (χ1n) is 9.97. The molecular weight excluding hydrogens is 366 g/mol. The summed E-state index contributed by atoms with van der Waals surface area (Å²) in [5.41, 5.74) is 3.06. The molecule has 0 bridgehead atoms. The first-order valence-corrected chi connectivity index (χ1v) is 9.97. The summed E-state index contributed by atoms with van der Waals surface area (Å²) < 4.78 is 0. The SMILES string of the molecule is CC(=O)c1ccc(N2CC[NH+]([C@@H](C)C(=O)Nc3cccc(C(C)=O)c3)CC2)cc1. The van der Waals surface area contributed by atoms with Gasteiger partial charge in [0.15, 0.2) is 17.6 Å². The fourth-order valence-corrected chi connectivity index (χ4v) is 3.64. The maximum atomic E-state index is 12.7. The summed E-state index contributed by atoms with van der Waals surface area (Å²) in [4.78, 5) is 39.2. The topological polar surface area (TPSA) is 70.9 Å². The van der Waals surface area contributed by atoms with Gasteiger partial charge in [-0.3, -0.25) is 14.4 Å². The minimum atomic E-state index is -0.182. The van der Waals surface area contributed by atoms with Gasteiger partial charge < -0.3 is 15.1 Å². The molecule has 0 unspecified atom stereocenters. The van der Waals surface area contributed by atoms with Gasteiger partial charge in [-0.25, -0.2) is 0 Å². The first-order chi connectivity index (χ1) is 13.8. The Labute approximate surface area is 171 Å². The lowest BCUT2D eigenvalue weighted by Gasteiger charge is -2.36. The van der Waals surface area contributed by atoms with Gasteiger partial charge in [-0.2, -0.15) is 0 Å². The van der Waals surface area contributed by atoms with Crippen molar-refractivity contribution in [3.8, 4) is 0 Å². The first kappa shape index (κ1) is 20.7. The van der Waals surface area contributed by atoms with Gasteiger partial charge in [0.1, 0.15) is 0 Å². The van der Waals surface area contributed by atoms with Crippen LogP contribution in [0.15, 0.2) is 48.5 Å². The number of nitrogens with one attached hydrogen (secondary N) is 2. The molecule has 0 aliphatic carbocycles. The Morgan fingerprint density at radius 3 is 2.14 bits per heavy atom. The highest BCUT2D eigenvalue weighted by Crippen LogP contribution is 2.16. The molecule has 1 amide bonds. The van der Waals surface area contributed by atoms with Crippen LogP contribution in [-0.4, -0.2) is 49.7 Å². The van der Waals surface area contributed by atoms with Gasteiger partial charge in [0.2, 0.25) is 0 Å². The molecule has 6 heteroatoms. The highest BCUT2D eigenvalue weighted by molar-refractivity contribution is 5.98. The highest BCUT2D eigenvalue weighted by atomic mass is 16.2. The number of carbonyl (C=O) groups is 3. The van der Waals surface area contributed by atoms with Crippen LogP contribution in [0.25, 0.3) is 0 Å². The van der Waals surface area contributed by atoms with Gasteiger partial charge in [0.25, 0.3) is 5.91 Å². The van der Waals surface area contributed by atoms with Crippen LogP contribution in [0, 0.1) is 0 Å². The lowest BCUT2D eigenvalue weighted by atomic mass is 10.1. The van der Waals surface area contributed by atoms with Crippen LogP contribution in [0.3, 0.4) is 0 Å². The van der Waals surface area contributed by atoms with Gasteiger partial charge >= 0.3 is 0 Å². The third-order valence-electron chi connectivity index (χ3n) is 5.59. The summed E-state index contributed by atoms with van der Waals surface area (Å²) in [5.74, 6) is 0.00619. The Kier molecular flexibility index (Phi) is 6.44. The van der Waals surface area contributed by atoms with Crippen LogP contribution in [0.1, 0.15) is 41.5 Å². The van der Waals surface area contributed by atoms with Crippen molar-refractivity contribution in [1.82, 2.24) is 0 Å². The van der Waals surface area contributed by atoms with E-state index >= 15 is 0 Å². The molecule has 0 aromatic heterocycles. The number of anilines is 2. The smallest absolute Gasteiger partial charge is 0.282 e. The molecule has 0 saturated carbocycles. The van der Waals surface area contributed by atoms with Crippen molar-refractivity contribution >= 4 is 28.8 Å². The van der Waals surface area contributed by atoms with Crippen molar-refractivity contribution in [2.75, 3.05) is 36.4 Å². The number of hydrogen-bond donors (Lipinski definition) is 2. The van der Waals surface area contributed by atoms with E-state index in [1.807, 2.05) is 31.2 Å². The van der Waals surface area contributed by atoms with Crippen molar-refractivity contribution in [2.45, 2.75) is 26.8 Å². The van der Waals surface area contributed by atoms with Gasteiger partial charge in [0, 0.05) is 22.5 Å². The number of rotatable bonds is 6. The average molecular weight is 394 g/mol. The number of benzene rings is 2. The number of nitrogens with zero attached hydrogens (tertiary/aromatic N) is 1. The van der Waals surface area contributed by atoms with Crippen LogP contribution in [0.5, 0.6) is 0 Å². The average Bonchev–Trinajstić information content (AvgIpc) is 2.73. The second-order valence-corrected chi connectivity index (χ2v) is 7.60. The lowest BCUT2D eigenvalue weighted by molar-refractivity contribution is -0.914. The summed E-state index contributed by atoms with van der Waals surface area (Å²) in [6.45, 7) is 8.45. The van der Waals surface area contributed by atoms with E-state index in [1.54, 1.807) is 31.2 Å². The zero-order valence-electron chi connectivity index (χ0n) is 17.2. The zero-order valence-corrected chi connectivity index (χ0v) is 17.2. The molecule has 2 aromatic carbocycles. The Morgan fingerprint density at radius 1 is 0.931 bits per heavy atom. The Morgan fingerprint density at radius 2 is 1.55 bits per heavy atom. The summed E-state index contributed by atoms with van der Waals surface area (Å²) in [6.07, 6.45) is 0. The van der Waals surface area contributed by atoms with Crippen LogP contribution in [0.4, 0.5) is 11.4 Å². The Balaban J connectivity index is 1.56. The number of Topliss-reactive ketones (excluding diaryl/α,β-unsaturated/α-hetero) is 2. The number of quaternary nitrogens is 1. The van der Waals surface area contributed by atoms with Crippen LogP contribution in [-0.2, 0) is 4.79 Å². The minimum Gasteiger partial charge on any atom is -0.360 e. The maximum Gasteiger partial charge on any atom is 0.282 e.